The summed E-state index contributed by atoms with van der Waals surface area (Å²) < 4.78 is 0. The molecule has 2 rings (SSSR count). The normalized spacial score (nSPS) is 16.1. The van der Waals surface area contributed by atoms with E-state index in [-0.39, 0.29) is 5.97 Å². The van der Waals surface area contributed by atoms with Gasteiger partial charge in [-0.15, -0.1) is 5.06 Å². The topological polar surface area (TPSA) is 29.5 Å². The van der Waals surface area contributed by atoms with Crippen molar-refractivity contribution in [3.63, 3.8) is 0 Å². The van der Waals surface area contributed by atoms with Crippen molar-refractivity contribution in [1.29, 1.82) is 0 Å². The number of rotatable bonds is 5. The average Bonchev–Trinajstić information content (AvgIpc) is 2.93. The highest BCUT2D eigenvalue weighted by Crippen LogP contribution is 2.25. The SMILES string of the molecule is CCC(=O)ON(Cc1ccccc1)C1CCCC1. The Balaban J connectivity index is 2.01. The van der Waals surface area contributed by atoms with Crippen LogP contribution in [0.15, 0.2) is 30.3 Å². The molecular formula is C15H21NO2. The minimum Gasteiger partial charge on any atom is -0.367 e. The van der Waals surface area contributed by atoms with E-state index in [1.54, 1.807) is 0 Å². The van der Waals surface area contributed by atoms with Crippen LogP contribution in [0.5, 0.6) is 0 Å². The Morgan fingerprint density at radius 3 is 2.56 bits per heavy atom. The molecule has 0 radical (unpaired) electrons. The van der Waals surface area contributed by atoms with Gasteiger partial charge in [0.15, 0.2) is 0 Å². The molecule has 1 aliphatic carbocycles. The van der Waals surface area contributed by atoms with Crippen molar-refractivity contribution in [3.8, 4) is 0 Å². The van der Waals surface area contributed by atoms with Crippen molar-refractivity contribution in [2.24, 2.45) is 0 Å². The zero-order valence-corrected chi connectivity index (χ0v) is 11.0. The van der Waals surface area contributed by atoms with Crippen LogP contribution in [0, 0.1) is 0 Å². The Hall–Kier alpha value is -1.35. The van der Waals surface area contributed by atoms with Gasteiger partial charge in [-0.25, -0.2) is 0 Å². The van der Waals surface area contributed by atoms with Gasteiger partial charge in [0.2, 0.25) is 0 Å². The van der Waals surface area contributed by atoms with Crippen LogP contribution in [-0.4, -0.2) is 17.1 Å². The van der Waals surface area contributed by atoms with Crippen molar-refractivity contribution in [2.45, 2.75) is 51.6 Å². The molecule has 98 valence electrons. The van der Waals surface area contributed by atoms with E-state index in [4.69, 9.17) is 4.84 Å². The summed E-state index contributed by atoms with van der Waals surface area (Å²) in [5.74, 6) is -0.141. The Kier molecular flexibility index (Phi) is 4.76. The third kappa shape index (κ3) is 3.57. The van der Waals surface area contributed by atoms with Gasteiger partial charge >= 0.3 is 5.97 Å². The van der Waals surface area contributed by atoms with Crippen LogP contribution in [0.4, 0.5) is 0 Å². The molecule has 0 unspecified atom stereocenters. The maximum Gasteiger partial charge on any atom is 0.324 e. The molecule has 0 atom stereocenters. The molecule has 1 fully saturated rings. The van der Waals surface area contributed by atoms with Gasteiger partial charge in [-0.2, -0.15) is 0 Å². The summed E-state index contributed by atoms with van der Waals surface area (Å²) >= 11 is 0. The smallest absolute Gasteiger partial charge is 0.324 e. The molecule has 0 aromatic heterocycles. The van der Waals surface area contributed by atoms with E-state index in [9.17, 15) is 4.79 Å². The van der Waals surface area contributed by atoms with Gasteiger partial charge in [0.05, 0.1) is 6.54 Å². The largest absolute Gasteiger partial charge is 0.367 e. The minimum atomic E-state index is -0.141. The summed E-state index contributed by atoms with van der Waals surface area (Å²) in [6.07, 6.45) is 5.16. The molecule has 0 N–H and O–H groups in total. The molecule has 18 heavy (non-hydrogen) atoms. The van der Waals surface area contributed by atoms with Crippen molar-refractivity contribution in [1.82, 2.24) is 5.06 Å². The monoisotopic (exact) mass is 247 g/mol. The van der Waals surface area contributed by atoms with Gasteiger partial charge in [-0.3, -0.25) is 4.79 Å². The van der Waals surface area contributed by atoms with E-state index in [2.05, 4.69) is 12.1 Å². The standard InChI is InChI=1S/C15H21NO2/c1-2-15(17)18-16(14-10-6-7-11-14)12-13-8-4-3-5-9-13/h3-5,8-9,14H,2,6-7,10-12H2,1H3. The molecule has 0 heterocycles. The van der Waals surface area contributed by atoms with E-state index in [0.717, 1.165) is 12.8 Å². The lowest BCUT2D eigenvalue weighted by molar-refractivity contribution is -0.205. The number of carbonyl (C=O) groups excluding carboxylic acids is 1. The second-order valence-corrected chi connectivity index (χ2v) is 4.82. The van der Waals surface area contributed by atoms with Crippen LogP contribution in [0.1, 0.15) is 44.6 Å². The van der Waals surface area contributed by atoms with Crippen LogP contribution >= 0.6 is 0 Å². The van der Waals surface area contributed by atoms with Gasteiger partial charge in [0.1, 0.15) is 0 Å². The first-order valence-electron chi connectivity index (χ1n) is 6.81. The maximum absolute atomic E-state index is 11.5. The van der Waals surface area contributed by atoms with E-state index >= 15 is 0 Å². The molecule has 0 amide bonds. The molecule has 1 aromatic rings. The minimum absolute atomic E-state index is 0.141. The van der Waals surface area contributed by atoms with Crippen molar-refractivity contribution < 1.29 is 9.63 Å². The fourth-order valence-corrected chi connectivity index (χ4v) is 2.39. The number of nitrogens with zero attached hydrogens (tertiary/aromatic N) is 1. The van der Waals surface area contributed by atoms with Gasteiger partial charge in [0, 0.05) is 12.5 Å². The van der Waals surface area contributed by atoms with Gasteiger partial charge in [-0.05, 0) is 18.4 Å². The summed E-state index contributed by atoms with van der Waals surface area (Å²) in [5, 5.41) is 1.88. The molecule has 3 nitrogen and oxygen atoms in total. The zero-order valence-electron chi connectivity index (χ0n) is 11.0. The number of hydroxylamine groups is 2. The Morgan fingerprint density at radius 2 is 1.94 bits per heavy atom. The number of benzene rings is 1. The summed E-state index contributed by atoms with van der Waals surface area (Å²) in [6, 6.07) is 10.6. The number of hydrogen-bond donors (Lipinski definition) is 0. The van der Waals surface area contributed by atoms with Gasteiger partial charge < -0.3 is 4.84 Å². The summed E-state index contributed by atoms with van der Waals surface area (Å²) in [7, 11) is 0. The van der Waals surface area contributed by atoms with E-state index in [1.807, 2.05) is 30.2 Å². The van der Waals surface area contributed by atoms with E-state index in [1.165, 1.54) is 18.4 Å². The van der Waals surface area contributed by atoms with E-state index < -0.39 is 0 Å². The van der Waals surface area contributed by atoms with Crippen LogP contribution in [0.2, 0.25) is 0 Å². The zero-order chi connectivity index (χ0) is 12.8. The lowest BCUT2D eigenvalue weighted by atomic mass is 10.2. The van der Waals surface area contributed by atoms with Crippen molar-refractivity contribution in [2.75, 3.05) is 0 Å². The molecule has 1 aliphatic rings. The molecule has 0 aliphatic heterocycles. The molecule has 0 bridgehead atoms. The Labute approximate surface area is 109 Å². The fourth-order valence-electron chi connectivity index (χ4n) is 2.39. The lowest BCUT2D eigenvalue weighted by Gasteiger charge is -2.27. The van der Waals surface area contributed by atoms with Gasteiger partial charge in [-0.1, -0.05) is 50.1 Å². The molecule has 0 saturated heterocycles. The second kappa shape index (κ2) is 6.55. The van der Waals surface area contributed by atoms with Gasteiger partial charge in [0.25, 0.3) is 0 Å². The predicted molar refractivity (Wildman–Crippen MR) is 70.6 cm³/mol. The first kappa shape index (κ1) is 13.1. The highest BCUT2D eigenvalue weighted by atomic mass is 16.7. The highest BCUT2D eigenvalue weighted by molar-refractivity contribution is 5.68. The second-order valence-electron chi connectivity index (χ2n) is 4.82. The van der Waals surface area contributed by atoms with Crippen LogP contribution in [0.25, 0.3) is 0 Å². The fraction of sp³-hybridized carbons (Fsp3) is 0.533. The van der Waals surface area contributed by atoms with Crippen LogP contribution in [0.3, 0.4) is 0 Å². The Morgan fingerprint density at radius 1 is 1.28 bits per heavy atom. The average molecular weight is 247 g/mol. The first-order chi connectivity index (χ1) is 8.79. The third-order valence-electron chi connectivity index (χ3n) is 3.42. The third-order valence-corrected chi connectivity index (χ3v) is 3.42. The number of hydrogen-bond acceptors (Lipinski definition) is 3. The van der Waals surface area contributed by atoms with E-state index in [0.29, 0.717) is 19.0 Å². The maximum atomic E-state index is 11.5. The highest BCUT2D eigenvalue weighted by Gasteiger charge is 2.25. The predicted octanol–water partition coefficient (Wildman–Crippen LogP) is 3.30. The summed E-state index contributed by atoms with van der Waals surface area (Å²) in [4.78, 5) is 17.0. The molecular weight excluding hydrogens is 226 g/mol. The van der Waals surface area contributed by atoms with Crippen LogP contribution < -0.4 is 0 Å². The Bertz CT molecular complexity index is 371. The molecule has 1 aromatic carbocycles. The van der Waals surface area contributed by atoms with Crippen molar-refractivity contribution >= 4 is 5.97 Å². The van der Waals surface area contributed by atoms with Crippen LogP contribution in [-0.2, 0) is 16.2 Å². The first-order valence-corrected chi connectivity index (χ1v) is 6.81. The molecule has 0 spiro atoms. The lowest BCUT2D eigenvalue weighted by Crippen LogP contribution is -2.34. The quantitative estimate of drug-likeness (QED) is 0.748. The molecule has 3 heteroatoms. The number of carbonyl (C=O) groups is 1. The van der Waals surface area contributed by atoms with Crippen molar-refractivity contribution in [3.05, 3.63) is 35.9 Å². The molecule has 1 saturated carbocycles. The summed E-state index contributed by atoms with van der Waals surface area (Å²) in [6.45, 7) is 2.52. The summed E-state index contributed by atoms with van der Waals surface area (Å²) in [5.41, 5.74) is 1.19.